The van der Waals surface area contributed by atoms with E-state index in [2.05, 4.69) is 10.6 Å². The molecule has 0 saturated carbocycles. The molecule has 1 aliphatic rings. The van der Waals surface area contributed by atoms with Crippen molar-refractivity contribution >= 4 is 17.9 Å². The van der Waals surface area contributed by atoms with Crippen LogP contribution >= 0.6 is 0 Å². The lowest BCUT2D eigenvalue weighted by Gasteiger charge is -2.30. The van der Waals surface area contributed by atoms with Crippen LogP contribution in [0, 0.1) is 0 Å². The van der Waals surface area contributed by atoms with Gasteiger partial charge in [-0.2, -0.15) is 0 Å². The van der Waals surface area contributed by atoms with Crippen molar-refractivity contribution in [3.05, 3.63) is 0 Å². The average molecular weight is 273 g/mol. The molecule has 1 aliphatic heterocycles. The first-order valence-electron chi connectivity index (χ1n) is 6.08. The number of amides is 3. The number of likely N-dealkylation sites (tertiary alicyclic amines) is 1. The molecular weight excluding hydrogens is 254 g/mol. The number of nitrogens with zero attached hydrogens (tertiary/aromatic N) is 1. The molecule has 0 aliphatic carbocycles. The summed E-state index contributed by atoms with van der Waals surface area (Å²) in [7, 11) is 1.44. The number of carboxylic acids is 1. The van der Waals surface area contributed by atoms with Crippen molar-refractivity contribution in [2.24, 2.45) is 0 Å². The highest BCUT2D eigenvalue weighted by atomic mass is 16.5. The maximum atomic E-state index is 11.5. The number of urea groups is 1. The van der Waals surface area contributed by atoms with Crippen LogP contribution in [0.5, 0.6) is 0 Å². The van der Waals surface area contributed by atoms with Crippen LogP contribution in [0.1, 0.15) is 12.8 Å². The van der Waals surface area contributed by atoms with Gasteiger partial charge in [-0.05, 0) is 12.8 Å². The van der Waals surface area contributed by atoms with Gasteiger partial charge in [0.15, 0.2) is 0 Å². The number of carbonyl (C=O) groups is 3. The van der Waals surface area contributed by atoms with Gasteiger partial charge in [0.1, 0.15) is 6.61 Å². The SMILES string of the molecule is CNC(=O)NC(=O)CN1CCC(OCC(=O)O)CC1. The van der Waals surface area contributed by atoms with E-state index in [-0.39, 0.29) is 25.2 Å². The Bertz CT molecular complexity index is 339. The second-order valence-electron chi connectivity index (χ2n) is 4.31. The summed E-state index contributed by atoms with van der Waals surface area (Å²) >= 11 is 0. The van der Waals surface area contributed by atoms with Crippen LogP contribution in [-0.4, -0.2) is 67.3 Å². The molecule has 3 N–H and O–H groups in total. The number of carboxylic acid groups (broad SMARTS) is 1. The van der Waals surface area contributed by atoms with Crippen molar-refractivity contribution in [2.75, 3.05) is 33.3 Å². The molecule has 1 heterocycles. The lowest BCUT2D eigenvalue weighted by atomic mass is 10.1. The molecule has 0 spiro atoms. The Hall–Kier alpha value is -1.67. The maximum Gasteiger partial charge on any atom is 0.329 e. The van der Waals surface area contributed by atoms with E-state index in [1.165, 1.54) is 7.05 Å². The molecule has 0 radical (unpaired) electrons. The van der Waals surface area contributed by atoms with Crippen LogP contribution < -0.4 is 10.6 Å². The number of ether oxygens (including phenoxy) is 1. The van der Waals surface area contributed by atoms with Gasteiger partial charge in [-0.1, -0.05) is 0 Å². The number of hydrogen-bond donors (Lipinski definition) is 3. The largest absolute Gasteiger partial charge is 0.480 e. The summed E-state index contributed by atoms with van der Waals surface area (Å²) in [6, 6.07) is -0.523. The Labute approximate surface area is 111 Å². The van der Waals surface area contributed by atoms with E-state index in [4.69, 9.17) is 9.84 Å². The fourth-order valence-corrected chi connectivity index (χ4v) is 1.85. The number of piperidine rings is 1. The zero-order valence-electron chi connectivity index (χ0n) is 10.8. The molecule has 19 heavy (non-hydrogen) atoms. The molecule has 8 heteroatoms. The van der Waals surface area contributed by atoms with Crippen molar-refractivity contribution in [1.29, 1.82) is 0 Å². The summed E-state index contributed by atoms with van der Waals surface area (Å²) in [6.45, 7) is 1.15. The molecular formula is C11H19N3O5. The van der Waals surface area contributed by atoms with Crippen LogP contribution in [0.2, 0.25) is 0 Å². The van der Waals surface area contributed by atoms with Crippen molar-refractivity contribution in [3.8, 4) is 0 Å². The van der Waals surface area contributed by atoms with E-state index in [0.717, 1.165) is 0 Å². The van der Waals surface area contributed by atoms with Gasteiger partial charge in [0.05, 0.1) is 12.6 Å². The predicted molar refractivity (Wildman–Crippen MR) is 65.6 cm³/mol. The fraction of sp³-hybridized carbons (Fsp3) is 0.727. The molecule has 0 aromatic carbocycles. The lowest BCUT2D eigenvalue weighted by molar-refractivity contribution is -0.145. The van der Waals surface area contributed by atoms with E-state index in [1.54, 1.807) is 0 Å². The Kier molecular flexibility index (Phi) is 6.23. The van der Waals surface area contributed by atoms with Gasteiger partial charge in [0, 0.05) is 20.1 Å². The number of rotatable bonds is 5. The molecule has 0 unspecified atom stereocenters. The van der Waals surface area contributed by atoms with Gasteiger partial charge in [0.2, 0.25) is 5.91 Å². The zero-order valence-corrected chi connectivity index (χ0v) is 10.8. The molecule has 0 aromatic rings. The predicted octanol–water partition coefficient (Wildman–Crippen LogP) is -0.992. The van der Waals surface area contributed by atoms with E-state index in [1.807, 2.05) is 4.90 Å². The van der Waals surface area contributed by atoms with Crippen LogP contribution in [-0.2, 0) is 14.3 Å². The maximum absolute atomic E-state index is 11.5. The van der Waals surface area contributed by atoms with Gasteiger partial charge in [-0.25, -0.2) is 9.59 Å². The van der Waals surface area contributed by atoms with Crippen molar-refractivity contribution in [1.82, 2.24) is 15.5 Å². The van der Waals surface area contributed by atoms with Crippen molar-refractivity contribution in [2.45, 2.75) is 18.9 Å². The van der Waals surface area contributed by atoms with Crippen LogP contribution in [0.25, 0.3) is 0 Å². The fourth-order valence-electron chi connectivity index (χ4n) is 1.85. The highest BCUT2D eigenvalue weighted by molar-refractivity contribution is 5.95. The van der Waals surface area contributed by atoms with Crippen LogP contribution in [0.3, 0.4) is 0 Å². The molecule has 1 fully saturated rings. The Balaban J connectivity index is 2.21. The van der Waals surface area contributed by atoms with E-state index in [9.17, 15) is 14.4 Å². The first kappa shape index (κ1) is 15.4. The van der Waals surface area contributed by atoms with Gasteiger partial charge in [0.25, 0.3) is 0 Å². The topological polar surface area (TPSA) is 108 Å². The molecule has 0 atom stereocenters. The average Bonchev–Trinajstić information content (AvgIpc) is 2.37. The molecule has 3 amide bonds. The minimum Gasteiger partial charge on any atom is -0.480 e. The van der Waals surface area contributed by atoms with Gasteiger partial charge >= 0.3 is 12.0 Å². The summed E-state index contributed by atoms with van der Waals surface area (Å²) < 4.78 is 5.19. The van der Waals surface area contributed by atoms with Crippen LogP contribution in [0.4, 0.5) is 4.79 Å². The highest BCUT2D eigenvalue weighted by Gasteiger charge is 2.22. The second-order valence-corrected chi connectivity index (χ2v) is 4.31. The Morgan fingerprint density at radius 3 is 2.47 bits per heavy atom. The lowest BCUT2D eigenvalue weighted by Crippen LogP contribution is -2.46. The minimum absolute atomic E-state index is 0.0747. The first-order valence-corrected chi connectivity index (χ1v) is 6.08. The first-order chi connectivity index (χ1) is 9.01. The third-order valence-corrected chi connectivity index (χ3v) is 2.82. The molecule has 8 nitrogen and oxygen atoms in total. The standard InChI is InChI=1S/C11H19N3O5/c1-12-11(18)13-9(15)6-14-4-2-8(3-5-14)19-7-10(16)17/h8H,2-7H2,1H3,(H,16,17)(H2,12,13,15,18). The van der Waals surface area contributed by atoms with Gasteiger partial charge in [-0.3, -0.25) is 15.0 Å². The number of carbonyl (C=O) groups excluding carboxylic acids is 2. The summed E-state index contributed by atoms with van der Waals surface area (Å²) in [6.07, 6.45) is 1.29. The monoisotopic (exact) mass is 273 g/mol. The Morgan fingerprint density at radius 2 is 1.95 bits per heavy atom. The van der Waals surface area contributed by atoms with Gasteiger partial charge in [-0.15, -0.1) is 0 Å². The number of aliphatic carboxylic acids is 1. The number of imide groups is 1. The quantitative estimate of drug-likeness (QED) is 0.593. The molecule has 108 valence electrons. The number of hydrogen-bond acceptors (Lipinski definition) is 5. The van der Waals surface area contributed by atoms with Crippen molar-refractivity contribution < 1.29 is 24.2 Å². The number of nitrogens with one attached hydrogen (secondary N) is 2. The smallest absolute Gasteiger partial charge is 0.329 e. The highest BCUT2D eigenvalue weighted by Crippen LogP contribution is 2.13. The zero-order chi connectivity index (χ0) is 14.3. The molecule has 1 rings (SSSR count). The van der Waals surface area contributed by atoms with E-state index >= 15 is 0 Å². The summed E-state index contributed by atoms with van der Waals surface area (Å²) in [5, 5.41) is 13.0. The molecule has 1 saturated heterocycles. The molecule has 0 bridgehead atoms. The third-order valence-electron chi connectivity index (χ3n) is 2.82. The Morgan fingerprint density at radius 1 is 1.32 bits per heavy atom. The summed E-state index contributed by atoms with van der Waals surface area (Å²) in [4.78, 5) is 34.6. The normalized spacial score (nSPS) is 16.9. The summed E-state index contributed by atoms with van der Waals surface area (Å²) in [5.74, 6) is -1.34. The van der Waals surface area contributed by atoms with Crippen LogP contribution in [0.15, 0.2) is 0 Å². The minimum atomic E-state index is -0.979. The summed E-state index contributed by atoms with van der Waals surface area (Å²) in [5.41, 5.74) is 0. The third kappa shape index (κ3) is 6.16. The second kappa shape index (κ2) is 7.70. The molecule has 0 aromatic heterocycles. The van der Waals surface area contributed by atoms with Crippen molar-refractivity contribution in [3.63, 3.8) is 0 Å². The van der Waals surface area contributed by atoms with E-state index < -0.39 is 12.0 Å². The van der Waals surface area contributed by atoms with E-state index in [0.29, 0.717) is 25.9 Å². The van der Waals surface area contributed by atoms with Gasteiger partial charge < -0.3 is 15.2 Å².